The van der Waals surface area contributed by atoms with Crippen molar-refractivity contribution in [2.45, 2.75) is 53.4 Å². The SMILES string of the molecule is [C-]#[N+]c1cccc(N(c2cc(-c3ccccc3)ccc2C)c2cc(C(C)C)c3ccc4c(N(c5cccc(C#N)c5)c5cc(-c6ccccc6)ccc5C)cc(C(C)C)c5ccc2c3c54)c1. The van der Waals surface area contributed by atoms with Crippen LogP contribution in [0.1, 0.15) is 67.3 Å². The number of hydrogen-bond donors (Lipinski definition) is 0. The molecular formula is C62H50N4. The molecule has 0 aliphatic heterocycles. The summed E-state index contributed by atoms with van der Waals surface area (Å²) < 4.78 is 0. The molecule has 318 valence electrons. The van der Waals surface area contributed by atoms with Crippen molar-refractivity contribution in [2.24, 2.45) is 0 Å². The van der Waals surface area contributed by atoms with Gasteiger partial charge in [-0.25, -0.2) is 4.85 Å². The maximum atomic E-state index is 10.2. The van der Waals surface area contributed by atoms with Crippen LogP contribution >= 0.6 is 0 Å². The number of hydrogen-bond acceptors (Lipinski definition) is 3. The monoisotopic (exact) mass is 850 g/mol. The number of nitrogens with zero attached hydrogens (tertiary/aromatic N) is 4. The van der Waals surface area contributed by atoms with E-state index in [9.17, 15) is 5.26 Å². The molecule has 0 aromatic heterocycles. The van der Waals surface area contributed by atoms with Gasteiger partial charge in [0.05, 0.1) is 29.6 Å². The van der Waals surface area contributed by atoms with Crippen LogP contribution in [0.3, 0.4) is 0 Å². The third-order valence-electron chi connectivity index (χ3n) is 13.2. The Morgan fingerprint density at radius 1 is 0.439 bits per heavy atom. The van der Waals surface area contributed by atoms with Crippen molar-refractivity contribution < 1.29 is 0 Å². The molecule has 0 radical (unpaired) electrons. The Hall–Kier alpha value is -8.18. The molecular weight excluding hydrogens is 801 g/mol. The van der Waals surface area contributed by atoms with Crippen LogP contribution in [0.5, 0.6) is 0 Å². The average molecular weight is 851 g/mol. The van der Waals surface area contributed by atoms with E-state index in [-0.39, 0.29) is 11.8 Å². The largest absolute Gasteiger partial charge is 0.311 e. The maximum Gasteiger partial charge on any atom is 0.189 e. The van der Waals surface area contributed by atoms with E-state index in [1.54, 1.807) is 0 Å². The third kappa shape index (κ3) is 7.28. The van der Waals surface area contributed by atoms with Crippen molar-refractivity contribution in [3.05, 3.63) is 221 Å². The molecule has 4 heteroatoms. The second-order valence-electron chi connectivity index (χ2n) is 18.0. The van der Waals surface area contributed by atoms with Crippen LogP contribution in [-0.4, -0.2) is 0 Å². The second-order valence-corrected chi connectivity index (χ2v) is 18.0. The highest BCUT2D eigenvalue weighted by atomic mass is 15.2. The summed E-state index contributed by atoms with van der Waals surface area (Å²) in [5.74, 6) is 0.414. The Morgan fingerprint density at radius 2 is 0.894 bits per heavy atom. The Morgan fingerprint density at radius 3 is 1.35 bits per heavy atom. The lowest BCUT2D eigenvalue weighted by Crippen LogP contribution is -2.14. The molecule has 0 bridgehead atoms. The van der Waals surface area contributed by atoms with Crippen LogP contribution in [-0.2, 0) is 0 Å². The Bertz CT molecular complexity index is 3300. The van der Waals surface area contributed by atoms with Crippen LogP contribution in [0.25, 0.3) is 59.4 Å². The molecule has 10 aromatic carbocycles. The third-order valence-corrected chi connectivity index (χ3v) is 13.2. The number of benzene rings is 10. The second kappa shape index (κ2) is 17.1. The van der Waals surface area contributed by atoms with Crippen LogP contribution in [0.15, 0.2) is 182 Å². The fourth-order valence-electron chi connectivity index (χ4n) is 9.89. The van der Waals surface area contributed by atoms with E-state index in [2.05, 4.69) is 208 Å². The van der Waals surface area contributed by atoms with Gasteiger partial charge in [-0.1, -0.05) is 155 Å². The van der Waals surface area contributed by atoms with Gasteiger partial charge in [-0.2, -0.15) is 5.26 Å². The van der Waals surface area contributed by atoms with Gasteiger partial charge in [-0.3, -0.25) is 0 Å². The summed E-state index contributed by atoms with van der Waals surface area (Å²) in [7, 11) is 0. The first kappa shape index (κ1) is 41.8. The van der Waals surface area contributed by atoms with Crippen LogP contribution < -0.4 is 9.80 Å². The molecule has 10 rings (SSSR count). The van der Waals surface area contributed by atoms with Gasteiger partial charge in [0.2, 0.25) is 0 Å². The highest BCUT2D eigenvalue weighted by molar-refractivity contribution is 6.29. The van der Waals surface area contributed by atoms with Gasteiger partial charge in [0, 0.05) is 33.5 Å². The zero-order valence-electron chi connectivity index (χ0n) is 38.3. The standard InChI is InChI=1S/C62H50N4/c1-39(2)55-36-59(65(49-22-14-16-43(32-49)38-63)57-33-46(26-24-41(57)5)44-17-10-8-11-18-44)53-30-28-52-56(40(3)4)37-60(54-31-29-51(55)61(53)62(52)54)66(50-23-15-21-48(35-50)64-7)58-34-47(27-25-42(58)6)45-19-12-9-13-20-45/h8-37,39-40H,1-6H3. The van der Waals surface area contributed by atoms with Crippen LogP contribution in [0, 0.1) is 31.8 Å². The predicted molar refractivity (Wildman–Crippen MR) is 279 cm³/mol. The number of aryl methyl sites for hydroxylation is 2. The smallest absolute Gasteiger partial charge is 0.189 e. The van der Waals surface area contributed by atoms with Gasteiger partial charge in [-0.05, 0) is 146 Å². The molecule has 0 aliphatic carbocycles. The van der Waals surface area contributed by atoms with Gasteiger partial charge >= 0.3 is 0 Å². The molecule has 0 amide bonds. The van der Waals surface area contributed by atoms with E-state index < -0.39 is 0 Å². The van der Waals surface area contributed by atoms with Crippen LogP contribution in [0.4, 0.5) is 39.8 Å². The molecule has 0 saturated heterocycles. The first-order valence-corrected chi connectivity index (χ1v) is 22.8. The summed E-state index contributed by atoms with van der Waals surface area (Å²) in [4.78, 5) is 8.67. The minimum absolute atomic E-state index is 0.206. The lowest BCUT2D eigenvalue weighted by molar-refractivity contribution is 0.875. The van der Waals surface area contributed by atoms with E-state index in [0.717, 1.165) is 78.3 Å². The fourth-order valence-corrected chi connectivity index (χ4v) is 9.89. The molecule has 0 unspecified atom stereocenters. The molecule has 4 nitrogen and oxygen atoms in total. The van der Waals surface area contributed by atoms with Crippen molar-refractivity contribution >= 4 is 72.1 Å². The zero-order valence-corrected chi connectivity index (χ0v) is 38.3. The molecule has 0 heterocycles. The Kier molecular flexibility index (Phi) is 10.8. The topological polar surface area (TPSA) is 34.6 Å². The van der Waals surface area contributed by atoms with Gasteiger partial charge in [0.15, 0.2) is 5.69 Å². The Labute approximate surface area is 388 Å². The zero-order chi connectivity index (χ0) is 45.6. The number of anilines is 6. The van der Waals surface area contributed by atoms with E-state index in [0.29, 0.717) is 11.3 Å². The number of nitriles is 1. The molecule has 0 fully saturated rings. The molecule has 10 aromatic rings. The first-order valence-electron chi connectivity index (χ1n) is 22.8. The predicted octanol–water partition coefficient (Wildman–Crippen LogP) is 18.1. The Balaban J connectivity index is 1.33. The lowest BCUT2D eigenvalue weighted by atomic mass is 9.84. The first-order chi connectivity index (χ1) is 32.1. The van der Waals surface area contributed by atoms with E-state index in [4.69, 9.17) is 6.57 Å². The van der Waals surface area contributed by atoms with E-state index >= 15 is 0 Å². The van der Waals surface area contributed by atoms with Gasteiger partial charge in [-0.15, -0.1) is 0 Å². The molecule has 0 aliphatic rings. The van der Waals surface area contributed by atoms with Gasteiger partial charge < -0.3 is 9.80 Å². The number of rotatable bonds is 10. The van der Waals surface area contributed by atoms with Gasteiger partial charge in [0.1, 0.15) is 0 Å². The molecule has 0 atom stereocenters. The highest BCUT2D eigenvalue weighted by Crippen LogP contribution is 2.52. The molecule has 0 saturated carbocycles. The molecule has 0 N–H and O–H groups in total. The minimum Gasteiger partial charge on any atom is -0.311 e. The van der Waals surface area contributed by atoms with Gasteiger partial charge in [0.25, 0.3) is 0 Å². The molecule has 0 spiro atoms. The van der Waals surface area contributed by atoms with Crippen molar-refractivity contribution in [3.8, 4) is 28.3 Å². The normalized spacial score (nSPS) is 11.4. The van der Waals surface area contributed by atoms with Crippen molar-refractivity contribution in [1.29, 1.82) is 5.26 Å². The summed E-state index contributed by atoms with van der Waals surface area (Å²) in [5, 5.41) is 17.4. The summed E-state index contributed by atoms with van der Waals surface area (Å²) in [6, 6.07) is 67.1. The van der Waals surface area contributed by atoms with E-state index in [1.807, 2.05) is 36.4 Å². The minimum atomic E-state index is 0.206. The fraction of sp³-hybridized carbons (Fsp3) is 0.129. The van der Waals surface area contributed by atoms with Crippen LogP contribution in [0.2, 0.25) is 0 Å². The molecule has 66 heavy (non-hydrogen) atoms. The van der Waals surface area contributed by atoms with Crippen molar-refractivity contribution in [1.82, 2.24) is 0 Å². The lowest BCUT2D eigenvalue weighted by Gasteiger charge is -2.33. The van der Waals surface area contributed by atoms with Crippen molar-refractivity contribution in [3.63, 3.8) is 0 Å². The summed E-state index contributed by atoms with van der Waals surface area (Å²) in [5.41, 5.74) is 16.6. The van der Waals surface area contributed by atoms with E-state index in [1.165, 1.54) is 32.7 Å². The summed E-state index contributed by atoms with van der Waals surface area (Å²) in [6.45, 7) is 21.6. The average Bonchev–Trinajstić information content (AvgIpc) is 3.35. The quantitative estimate of drug-likeness (QED) is 0.102. The van der Waals surface area contributed by atoms with Crippen molar-refractivity contribution in [2.75, 3.05) is 9.80 Å². The summed E-state index contributed by atoms with van der Waals surface area (Å²) >= 11 is 0. The highest BCUT2D eigenvalue weighted by Gasteiger charge is 2.27. The summed E-state index contributed by atoms with van der Waals surface area (Å²) in [6.07, 6.45) is 0. The maximum absolute atomic E-state index is 10.2.